The van der Waals surface area contributed by atoms with Gasteiger partial charge in [-0.3, -0.25) is 9.69 Å². The Hall–Kier alpha value is -2.53. The van der Waals surface area contributed by atoms with Crippen LogP contribution in [0.5, 0.6) is 11.5 Å². The number of benzene rings is 2. The molecule has 29 heavy (non-hydrogen) atoms. The first-order valence-electron chi connectivity index (χ1n) is 10.4. The normalized spacial score (nSPS) is 15.1. The smallest absolute Gasteiger partial charge is 0.222 e. The van der Waals surface area contributed by atoms with Crippen LogP contribution in [-0.2, 0) is 17.8 Å². The van der Waals surface area contributed by atoms with Gasteiger partial charge in [0.05, 0.1) is 14.2 Å². The van der Waals surface area contributed by atoms with Crippen LogP contribution in [0.15, 0.2) is 42.5 Å². The maximum Gasteiger partial charge on any atom is 0.222 e. The van der Waals surface area contributed by atoms with Gasteiger partial charge in [0, 0.05) is 39.1 Å². The van der Waals surface area contributed by atoms with Crippen molar-refractivity contribution in [2.24, 2.45) is 0 Å². The van der Waals surface area contributed by atoms with E-state index in [1.807, 2.05) is 23.1 Å². The molecule has 5 heteroatoms. The van der Waals surface area contributed by atoms with E-state index in [1.54, 1.807) is 14.2 Å². The van der Waals surface area contributed by atoms with Crippen LogP contribution in [0.3, 0.4) is 0 Å². The fraction of sp³-hybridized carbons (Fsp3) is 0.458. The van der Waals surface area contributed by atoms with Gasteiger partial charge in [0.2, 0.25) is 5.91 Å². The molecule has 1 fully saturated rings. The Morgan fingerprint density at radius 3 is 2.48 bits per heavy atom. The highest BCUT2D eigenvalue weighted by atomic mass is 16.5. The Bertz CT molecular complexity index is 804. The van der Waals surface area contributed by atoms with Crippen molar-refractivity contribution in [3.8, 4) is 11.5 Å². The number of rotatable bonds is 7. The Labute approximate surface area is 174 Å². The molecule has 5 nitrogen and oxygen atoms in total. The molecule has 1 aliphatic rings. The average Bonchev–Trinajstić information content (AvgIpc) is 2.99. The largest absolute Gasteiger partial charge is 0.497 e. The van der Waals surface area contributed by atoms with Crippen molar-refractivity contribution < 1.29 is 14.3 Å². The quantitative estimate of drug-likeness (QED) is 0.716. The lowest BCUT2D eigenvalue weighted by molar-refractivity contribution is -0.131. The van der Waals surface area contributed by atoms with E-state index in [-0.39, 0.29) is 5.91 Å². The maximum atomic E-state index is 12.8. The number of carbonyl (C=O) groups excluding carboxylic acids is 1. The third kappa shape index (κ3) is 5.97. The molecule has 0 atom stereocenters. The molecular weight excluding hydrogens is 364 g/mol. The van der Waals surface area contributed by atoms with E-state index in [2.05, 4.69) is 36.1 Å². The average molecular weight is 397 g/mol. The van der Waals surface area contributed by atoms with Crippen molar-refractivity contribution in [3.05, 3.63) is 59.2 Å². The van der Waals surface area contributed by atoms with E-state index in [0.717, 1.165) is 56.2 Å². The van der Waals surface area contributed by atoms with Gasteiger partial charge in [-0.15, -0.1) is 0 Å². The van der Waals surface area contributed by atoms with Crippen molar-refractivity contribution in [1.29, 1.82) is 0 Å². The molecule has 0 N–H and O–H groups in total. The Morgan fingerprint density at radius 2 is 1.76 bits per heavy atom. The zero-order chi connectivity index (χ0) is 20.6. The number of aryl methyl sites for hydroxylation is 2. The van der Waals surface area contributed by atoms with E-state index in [0.29, 0.717) is 12.8 Å². The molecule has 2 aromatic carbocycles. The molecular formula is C24H32N2O3. The maximum absolute atomic E-state index is 12.8. The lowest BCUT2D eigenvalue weighted by atomic mass is 10.1. The van der Waals surface area contributed by atoms with Crippen molar-refractivity contribution >= 4 is 5.91 Å². The molecule has 3 rings (SSSR count). The number of ether oxygens (including phenoxy) is 2. The number of hydrogen-bond acceptors (Lipinski definition) is 4. The Kier molecular flexibility index (Phi) is 7.53. The van der Waals surface area contributed by atoms with Gasteiger partial charge in [-0.2, -0.15) is 0 Å². The van der Waals surface area contributed by atoms with Crippen molar-refractivity contribution in [1.82, 2.24) is 9.80 Å². The van der Waals surface area contributed by atoms with Crippen molar-refractivity contribution in [2.45, 2.75) is 32.7 Å². The molecule has 0 bridgehead atoms. The van der Waals surface area contributed by atoms with E-state index < -0.39 is 0 Å². The van der Waals surface area contributed by atoms with Gasteiger partial charge in [-0.1, -0.05) is 29.8 Å². The number of methoxy groups -OCH3 is 2. The Balaban J connectivity index is 1.52. The van der Waals surface area contributed by atoms with Crippen LogP contribution in [0, 0.1) is 6.92 Å². The molecule has 0 unspecified atom stereocenters. The zero-order valence-corrected chi connectivity index (χ0v) is 17.8. The molecule has 0 aromatic heterocycles. The molecule has 156 valence electrons. The minimum absolute atomic E-state index is 0.215. The van der Waals surface area contributed by atoms with Gasteiger partial charge in [0.25, 0.3) is 0 Å². The van der Waals surface area contributed by atoms with E-state index in [9.17, 15) is 4.79 Å². The van der Waals surface area contributed by atoms with Gasteiger partial charge < -0.3 is 14.4 Å². The molecule has 0 saturated carbocycles. The minimum Gasteiger partial charge on any atom is -0.497 e. The zero-order valence-electron chi connectivity index (χ0n) is 17.8. The number of carbonyl (C=O) groups is 1. The van der Waals surface area contributed by atoms with Crippen LogP contribution in [0.4, 0.5) is 0 Å². The highest BCUT2D eigenvalue weighted by Gasteiger charge is 2.19. The fourth-order valence-corrected chi connectivity index (χ4v) is 3.81. The third-order valence-electron chi connectivity index (χ3n) is 5.56. The summed E-state index contributed by atoms with van der Waals surface area (Å²) in [6.45, 7) is 6.63. The summed E-state index contributed by atoms with van der Waals surface area (Å²) in [4.78, 5) is 17.3. The molecule has 0 spiro atoms. The number of amides is 1. The van der Waals surface area contributed by atoms with Crippen LogP contribution in [-0.4, -0.2) is 56.1 Å². The SMILES string of the molecule is COc1ccc(OC)c(CCC(=O)N2CCCN(Cc3ccc(C)cc3)CC2)c1. The van der Waals surface area contributed by atoms with Crippen molar-refractivity contribution in [2.75, 3.05) is 40.4 Å². The molecule has 1 amide bonds. The fourth-order valence-electron chi connectivity index (χ4n) is 3.81. The third-order valence-corrected chi connectivity index (χ3v) is 5.56. The molecule has 0 aliphatic carbocycles. The summed E-state index contributed by atoms with van der Waals surface area (Å²) in [5, 5.41) is 0. The van der Waals surface area contributed by atoms with E-state index in [4.69, 9.17) is 9.47 Å². The number of nitrogens with zero attached hydrogens (tertiary/aromatic N) is 2. The van der Waals surface area contributed by atoms with Crippen LogP contribution >= 0.6 is 0 Å². The van der Waals surface area contributed by atoms with E-state index in [1.165, 1.54) is 11.1 Å². The number of hydrogen-bond donors (Lipinski definition) is 0. The van der Waals surface area contributed by atoms with E-state index >= 15 is 0 Å². The molecule has 1 heterocycles. The summed E-state index contributed by atoms with van der Waals surface area (Å²) in [6.07, 6.45) is 2.16. The molecule has 1 aliphatic heterocycles. The van der Waals surface area contributed by atoms with Gasteiger partial charge in [0.15, 0.2) is 0 Å². The Morgan fingerprint density at radius 1 is 0.966 bits per heavy atom. The second-order valence-corrected chi connectivity index (χ2v) is 7.67. The molecule has 0 radical (unpaired) electrons. The van der Waals surface area contributed by atoms with Crippen LogP contribution in [0.2, 0.25) is 0 Å². The first-order chi connectivity index (χ1) is 14.1. The topological polar surface area (TPSA) is 42.0 Å². The highest BCUT2D eigenvalue weighted by molar-refractivity contribution is 5.76. The summed E-state index contributed by atoms with van der Waals surface area (Å²) in [7, 11) is 3.31. The summed E-state index contributed by atoms with van der Waals surface area (Å²) >= 11 is 0. The lowest BCUT2D eigenvalue weighted by Crippen LogP contribution is -2.35. The first kappa shape index (κ1) is 21.2. The summed E-state index contributed by atoms with van der Waals surface area (Å²) in [5.74, 6) is 1.81. The monoisotopic (exact) mass is 396 g/mol. The standard InChI is InChI=1S/C24H32N2O3/c1-19-5-7-20(8-6-19)18-25-13-4-14-26(16-15-25)24(27)12-9-21-17-22(28-2)10-11-23(21)29-3/h5-8,10-11,17H,4,9,12-16,18H2,1-3H3. The predicted octanol–water partition coefficient (Wildman–Crippen LogP) is 3.68. The first-order valence-corrected chi connectivity index (χ1v) is 10.4. The second-order valence-electron chi connectivity index (χ2n) is 7.67. The van der Waals surface area contributed by atoms with Crippen molar-refractivity contribution in [3.63, 3.8) is 0 Å². The summed E-state index contributed by atoms with van der Waals surface area (Å²) in [6, 6.07) is 14.5. The van der Waals surface area contributed by atoms with Gasteiger partial charge in [-0.25, -0.2) is 0 Å². The second kappa shape index (κ2) is 10.3. The van der Waals surface area contributed by atoms with Crippen LogP contribution < -0.4 is 9.47 Å². The minimum atomic E-state index is 0.215. The van der Waals surface area contributed by atoms with Gasteiger partial charge in [-0.05, 0) is 49.1 Å². The summed E-state index contributed by atoms with van der Waals surface area (Å²) in [5.41, 5.74) is 3.63. The summed E-state index contributed by atoms with van der Waals surface area (Å²) < 4.78 is 10.7. The van der Waals surface area contributed by atoms with Crippen LogP contribution in [0.25, 0.3) is 0 Å². The highest BCUT2D eigenvalue weighted by Crippen LogP contribution is 2.25. The van der Waals surface area contributed by atoms with Gasteiger partial charge >= 0.3 is 0 Å². The molecule has 1 saturated heterocycles. The van der Waals surface area contributed by atoms with Crippen LogP contribution in [0.1, 0.15) is 29.5 Å². The lowest BCUT2D eigenvalue weighted by Gasteiger charge is -2.22. The van der Waals surface area contributed by atoms with Gasteiger partial charge in [0.1, 0.15) is 11.5 Å². The molecule has 2 aromatic rings. The predicted molar refractivity (Wildman–Crippen MR) is 116 cm³/mol.